The lowest BCUT2D eigenvalue weighted by molar-refractivity contribution is 0.101. The van der Waals surface area contributed by atoms with Crippen molar-refractivity contribution < 1.29 is 0 Å². The fraction of sp³-hybridized carbons (Fsp3) is 1.00. The second-order valence-electron chi connectivity index (χ2n) is 5.26. The third-order valence-corrected chi connectivity index (χ3v) is 3.80. The van der Waals surface area contributed by atoms with Crippen LogP contribution in [0.25, 0.3) is 0 Å². The highest BCUT2D eigenvalue weighted by molar-refractivity contribution is 4.80. The van der Waals surface area contributed by atoms with Gasteiger partial charge < -0.3 is 10.2 Å². The Bertz CT molecular complexity index is 160. The maximum Gasteiger partial charge on any atom is 0.0116 e. The maximum atomic E-state index is 3.30. The van der Waals surface area contributed by atoms with Crippen LogP contribution in [0.3, 0.4) is 0 Å². The zero-order valence-corrected chi connectivity index (χ0v) is 10.9. The number of nitrogens with zero attached hydrogens (tertiary/aromatic N) is 1. The normalized spacial score (nSPS) is 22.2. The van der Waals surface area contributed by atoms with Gasteiger partial charge in [0.1, 0.15) is 0 Å². The zero-order valence-electron chi connectivity index (χ0n) is 10.9. The highest BCUT2D eigenvalue weighted by atomic mass is 15.2. The standard InChI is InChI=1S/C13H28N2/c1-5-13(11(2)3)15-8-6-12(7-9-15)10-14-4/h11-14H,5-10H2,1-4H3. The average Bonchev–Trinajstić information content (AvgIpc) is 2.21. The summed E-state index contributed by atoms with van der Waals surface area (Å²) in [6.07, 6.45) is 4.06. The van der Waals surface area contributed by atoms with Crippen LogP contribution < -0.4 is 5.32 Å². The molecule has 1 fully saturated rings. The minimum atomic E-state index is 0.802. The first-order chi connectivity index (χ1) is 7.19. The lowest BCUT2D eigenvalue weighted by Gasteiger charge is -2.39. The number of nitrogens with one attached hydrogen (secondary N) is 1. The fourth-order valence-electron chi connectivity index (χ4n) is 2.93. The van der Waals surface area contributed by atoms with E-state index < -0.39 is 0 Å². The van der Waals surface area contributed by atoms with Crippen LogP contribution in [0.5, 0.6) is 0 Å². The lowest BCUT2D eigenvalue weighted by Crippen LogP contribution is -2.44. The molecule has 1 unspecified atom stereocenters. The second-order valence-corrected chi connectivity index (χ2v) is 5.26. The molecule has 1 saturated heterocycles. The Morgan fingerprint density at radius 1 is 1.27 bits per heavy atom. The first-order valence-corrected chi connectivity index (χ1v) is 6.57. The molecule has 0 aliphatic carbocycles. The molecule has 0 aromatic heterocycles. The van der Waals surface area contributed by atoms with E-state index in [1.165, 1.54) is 38.9 Å². The minimum Gasteiger partial charge on any atom is -0.319 e. The van der Waals surface area contributed by atoms with Crippen molar-refractivity contribution >= 4 is 0 Å². The van der Waals surface area contributed by atoms with Gasteiger partial charge in [-0.05, 0) is 57.8 Å². The molecule has 0 saturated carbocycles. The van der Waals surface area contributed by atoms with Crippen LogP contribution in [0.2, 0.25) is 0 Å². The van der Waals surface area contributed by atoms with Gasteiger partial charge in [0.25, 0.3) is 0 Å². The van der Waals surface area contributed by atoms with Crippen molar-refractivity contribution in [3.05, 3.63) is 0 Å². The summed E-state index contributed by atoms with van der Waals surface area (Å²) in [6, 6.07) is 0.806. The van der Waals surface area contributed by atoms with Gasteiger partial charge in [0.05, 0.1) is 0 Å². The highest BCUT2D eigenvalue weighted by Gasteiger charge is 2.25. The van der Waals surface area contributed by atoms with Crippen LogP contribution in [-0.2, 0) is 0 Å². The Hall–Kier alpha value is -0.0800. The Morgan fingerprint density at radius 2 is 1.87 bits per heavy atom. The second kappa shape index (κ2) is 6.49. The van der Waals surface area contributed by atoms with Crippen LogP contribution >= 0.6 is 0 Å². The van der Waals surface area contributed by atoms with Gasteiger partial charge in [-0.3, -0.25) is 0 Å². The van der Waals surface area contributed by atoms with Gasteiger partial charge >= 0.3 is 0 Å². The van der Waals surface area contributed by atoms with Gasteiger partial charge in [-0.25, -0.2) is 0 Å². The zero-order chi connectivity index (χ0) is 11.3. The number of hydrogen-bond acceptors (Lipinski definition) is 2. The van der Waals surface area contributed by atoms with Gasteiger partial charge in [0.15, 0.2) is 0 Å². The Labute approximate surface area is 95.4 Å². The summed E-state index contributed by atoms with van der Waals surface area (Å²) in [5.41, 5.74) is 0. The van der Waals surface area contributed by atoms with Gasteiger partial charge in [-0.2, -0.15) is 0 Å². The van der Waals surface area contributed by atoms with E-state index in [4.69, 9.17) is 0 Å². The smallest absolute Gasteiger partial charge is 0.0116 e. The number of likely N-dealkylation sites (tertiary alicyclic amines) is 1. The molecule has 1 rings (SSSR count). The number of rotatable bonds is 5. The first-order valence-electron chi connectivity index (χ1n) is 6.57. The third kappa shape index (κ3) is 3.76. The third-order valence-electron chi connectivity index (χ3n) is 3.80. The molecular weight excluding hydrogens is 184 g/mol. The van der Waals surface area contributed by atoms with Crippen LogP contribution in [0.1, 0.15) is 40.0 Å². The van der Waals surface area contributed by atoms with E-state index in [1.807, 2.05) is 0 Å². The summed E-state index contributed by atoms with van der Waals surface area (Å²) < 4.78 is 0. The molecule has 0 aromatic carbocycles. The maximum absolute atomic E-state index is 3.30. The summed E-state index contributed by atoms with van der Waals surface area (Å²) >= 11 is 0. The number of hydrogen-bond donors (Lipinski definition) is 1. The average molecular weight is 212 g/mol. The largest absolute Gasteiger partial charge is 0.319 e. The van der Waals surface area contributed by atoms with E-state index in [1.54, 1.807) is 0 Å². The Morgan fingerprint density at radius 3 is 2.27 bits per heavy atom. The van der Waals surface area contributed by atoms with Crippen molar-refractivity contribution in [1.29, 1.82) is 0 Å². The van der Waals surface area contributed by atoms with E-state index in [0.29, 0.717) is 0 Å². The Balaban J connectivity index is 2.35. The quantitative estimate of drug-likeness (QED) is 0.752. The molecule has 2 heteroatoms. The molecule has 0 bridgehead atoms. The first kappa shape index (κ1) is 13.0. The topological polar surface area (TPSA) is 15.3 Å². The van der Waals surface area contributed by atoms with E-state index in [0.717, 1.165) is 17.9 Å². The molecule has 1 N–H and O–H groups in total. The summed E-state index contributed by atoms with van der Waals surface area (Å²) in [5.74, 6) is 1.71. The van der Waals surface area contributed by atoms with Crippen molar-refractivity contribution in [1.82, 2.24) is 10.2 Å². The minimum absolute atomic E-state index is 0.802. The molecule has 2 nitrogen and oxygen atoms in total. The van der Waals surface area contributed by atoms with Crippen molar-refractivity contribution in [2.75, 3.05) is 26.7 Å². The summed E-state index contributed by atoms with van der Waals surface area (Å²) in [4.78, 5) is 2.71. The SMILES string of the molecule is CCC(C(C)C)N1CCC(CNC)CC1. The van der Waals surface area contributed by atoms with Crippen molar-refractivity contribution in [3.8, 4) is 0 Å². The van der Waals surface area contributed by atoms with E-state index >= 15 is 0 Å². The van der Waals surface area contributed by atoms with Gasteiger partial charge in [-0.15, -0.1) is 0 Å². The molecule has 0 radical (unpaired) electrons. The molecule has 15 heavy (non-hydrogen) atoms. The molecule has 1 heterocycles. The van der Waals surface area contributed by atoms with Crippen molar-refractivity contribution in [2.45, 2.75) is 46.1 Å². The molecule has 0 aromatic rings. The monoisotopic (exact) mass is 212 g/mol. The van der Waals surface area contributed by atoms with Crippen molar-refractivity contribution in [2.24, 2.45) is 11.8 Å². The predicted molar refractivity (Wildman–Crippen MR) is 67.1 cm³/mol. The molecule has 1 aliphatic heterocycles. The molecule has 90 valence electrons. The lowest BCUT2D eigenvalue weighted by atomic mass is 9.92. The van der Waals surface area contributed by atoms with Gasteiger partial charge in [0, 0.05) is 6.04 Å². The Kier molecular flexibility index (Phi) is 5.62. The van der Waals surface area contributed by atoms with Gasteiger partial charge in [-0.1, -0.05) is 20.8 Å². The van der Waals surface area contributed by atoms with Gasteiger partial charge in [0.2, 0.25) is 0 Å². The summed E-state index contributed by atoms with van der Waals surface area (Å²) in [6.45, 7) is 10.9. The van der Waals surface area contributed by atoms with Crippen molar-refractivity contribution in [3.63, 3.8) is 0 Å². The molecule has 0 spiro atoms. The van der Waals surface area contributed by atoms with Crippen LogP contribution in [0, 0.1) is 11.8 Å². The van der Waals surface area contributed by atoms with E-state index in [9.17, 15) is 0 Å². The van der Waals surface area contributed by atoms with Crippen LogP contribution in [0.15, 0.2) is 0 Å². The van der Waals surface area contributed by atoms with Crippen LogP contribution in [-0.4, -0.2) is 37.6 Å². The number of piperidine rings is 1. The highest BCUT2D eigenvalue weighted by Crippen LogP contribution is 2.22. The van der Waals surface area contributed by atoms with E-state index in [2.05, 4.69) is 38.0 Å². The molecule has 1 aliphatic rings. The predicted octanol–water partition coefficient (Wildman–Crippen LogP) is 2.35. The molecular formula is C13H28N2. The molecule has 0 amide bonds. The molecule has 1 atom stereocenters. The summed E-state index contributed by atoms with van der Waals surface area (Å²) in [5, 5.41) is 3.30. The summed E-state index contributed by atoms with van der Waals surface area (Å²) in [7, 11) is 2.06. The fourth-order valence-corrected chi connectivity index (χ4v) is 2.93. The van der Waals surface area contributed by atoms with Crippen LogP contribution in [0.4, 0.5) is 0 Å². The van der Waals surface area contributed by atoms with E-state index in [-0.39, 0.29) is 0 Å².